The fraction of sp³-hybridized carbons (Fsp3) is 0.0833. The molecule has 0 aliphatic heterocycles. The summed E-state index contributed by atoms with van der Waals surface area (Å²) >= 11 is 0. The van der Waals surface area contributed by atoms with Crippen molar-refractivity contribution < 1.29 is 0 Å². The average molecular weight is 182 g/mol. The van der Waals surface area contributed by atoms with Crippen molar-refractivity contribution in [2.45, 2.75) is 6.04 Å². The van der Waals surface area contributed by atoms with Gasteiger partial charge < -0.3 is 4.57 Å². The molecule has 1 heterocycles. The molecule has 1 aromatic heterocycles. The van der Waals surface area contributed by atoms with Gasteiger partial charge in [0, 0.05) is 12.4 Å². The minimum atomic E-state index is 0.328. The van der Waals surface area contributed by atoms with Crippen molar-refractivity contribution in [2.24, 2.45) is 0 Å². The summed E-state index contributed by atoms with van der Waals surface area (Å²) in [6.45, 7) is 0. The number of allylic oxidation sites excluding steroid dienone is 1. The number of aromatic nitrogens is 2. The van der Waals surface area contributed by atoms with Crippen molar-refractivity contribution in [3.05, 3.63) is 60.2 Å². The van der Waals surface area contributed by atoms with Crippen LogP contribution < -0.4 is 0 Å². The molecule has 0 spiro atoms. The molecule has 1 aliphatic rings. The van der Waals surface area contributed by atoms with E-state index in [1.54, 1.807) is 0 Å². The van der Waals surface area contributed by atoms with Crippen LogP contribution in [-0.4, -0.2) is 9.55 Å². The molecule has 2 heteroatoms. The minimum Gasteiger partial charge on any atom is -0.326 e. The highest BCUT2D eigenvalue weighted by Gasteiger charge is 2.16. The molecule has 1 aromatic carbocycles. The lowest BCUT2D eigenvalue weighted by Crippen LogP contribution is -2.03. The van der Waals surface area contributed by atoms with E-state index in [2.05, 4.69) is 46.0 Å². The van der Waals surface area contributed by atoms with Crippen LogP contribution in [0.5, 0.6) is 0 Å². The Morgan fingerprint density at radius 1 is 1.21 bits per heavy atom. The molecule has 68 valence electrons. The van der Waals surface area contributed by atoms with Crippen molar-refractivity contribution in [3.8, 4) is 0 Å². The molecular weight excluding hydrogens is 172 g/mol. The first-order chi connectivity index (χ1) is 6.95. The Morgan fingerprint density at radius 3 is 3.00 bits per heavy atom. The van der Waals surface area contributed by atoms with E-state index < -0.39 is 0 Å². The van der Waals surface area contributed by atoms with Crippen LogP contribution in [0.1, 0.15) is 17.2 Å². The first-order valence-corrected chi connectivity index (χ1v) is 4.70. The molecule has 0 radical (unpaired) electrons. The van der Waals surface area contributed by atoms with Gasteiger partial charge in [0.1, 0.15) is 0 Å². The quantitative estimate of drug-likeness (QED) is 0.662. The molecule has 0 fully saturated rings. The van der Waals surface area contributed by atoms with Gasteiger partial charge in [-0.25, -0.2) is 4.98 Å². The largest absolute Gasteiger partial charge is 0.326 e. The van der Waals surface area contributed by atoms with Crippen molar-refractivity contribution in [1.82, 2.24) is 9.55 Å². The monoisotopic (exact) mass is 182 g/mol. The van der Waals surface area contributed by atoms with Gasteiger partial charge >= 0.3 is 0 Å². The topological polar surface area (TPSA) is 17.8 Å². The van der Waals surface area contributed by atoms with Crippen LogP contribution in [0.3, 0.4) is 0 Å². The number of nitrogens with zero attached hydrogens (tertiary/aromatic N) is 2. The number of rotatable bonds is 1. The number of hydrogen-bond donors (Lipinski definition) is 0. The van der Waals surface area contributed by atoms with Crippen LogP contribution in [0.4, 0.5) is 0 Å². The average Bonchev–Trinajstić information content (AvgIpc) is 2.85. The van der Waals surface area contributed by atoms with Crippen LogP contribution in [-0.2, 0) is 0 Å². The van der Waals surface area contributed by atoms with Crippen molar-refractivity contribution in [3.63, 3.8) is 0 Å². The Balaban J connectivity index is 2.11. The molecule has 0 saturated carbocycles. The summed E-state index contributed by atoms with van der Waals surface area (Å²) in [5, 5.41) is 0. The van der Waals surface area contributed by atoms with Gasteiger partial charge in [0.15, 0.2) is 0 Å². The molecule has 1 aliphatic carbocycles. The van der Waals surface area contributed by atoms with Crippen LogP contribution in [0.25, 0.3) is 6.08 Å². The fourth-order valence-electron chi connectivity index (χ4n) is 1.92. The van der Waals surface area contributed by atoms with E-state index in [-0.39, 0.29) is 0 Å². The Labute approximate surface area is 82.5 Å². The van der Waals surface area contributed by atoms with E-state index >= 15 is 0 Å². The van der Waals surface area contributed by atoms with Crippen LogP contribution >= 0.6 is 0 Å². The summed E-state index contributed by atoms with van der Waals surface area (Å²) in [5.74, 6) is 0. The molecule has 0 bridgehead atoms. The Kier molecular flexibility index (Phi) is 1.53. The van der Waals surface area contributed by atoms with Crippen LogP contribution in [0.15, 0.2) is 49.1 Å². The highest BCUT2D eigenvalue weighted by Crippen LogP contribution is 2.30. The lowest BCUT2D eigenvalue weighted by Gasteiger charge is -2.11. The van der Waals surface area contributed by atoms with E-state index in [4.69, 9.17) is 0 Å². The maximum absolute atomic E-state index is 4.07. The maximum Gasteiger partial charge on any atom is 0.0954 e. The zero-order chi connectivity index (χ0) is 9.38. The van der Waals surface area contributed by atoms with Gasteiger partial charge in [0.25, 0.3) is 0 Å². The predicted octanol–water partition coefficient (Wildman–Crippen LogP) is 2.50. The number of fused-ring (bicyclic) bond motifs is 1. The molecule has 2 aromatic rings. The minimum absolute atomic E-state index is 0.328. The first-order valence-electron chi connectivity index (χ1n) is 4.70. The van der Waals surface area contributed by atoms with Gasteiger partial charge in [0.2, 0.25) is 0 Å². The second kappa shape index (κ2) is 2.84. The zero-order valence-corrected chi connectivity index (χ0v) is 7.67. The van der Waals surface area contributed by atoms with Gasteiger partial charge in [-0.05, 0) is 11.1 Å². The van der Waals surface area contributed by atoms with E-state index in [0.717, 1.165) is 0 Å². The molecule has 1 atom stereocenters. The number of imidazole rings is 1. The summed E-state index contributed by atoms with van der Waals surface area (Å²) in [7, 11) is 0. The van der Waals surface area contributed by atoms with E-state index in [9.17, 15) is 0 Å². The van der Waals surface area contributed by atoms with E-state index in [0.29, 0.717) is 6.04 Å². The second-order valence-corrected chi connectivity index (χ2v) is 3.44. The summed E-state index contributed by atoms with van der Waals surface area (Å²) in [6, 6.07) is 8.78. The molecule has 14 heavy (non-hydrogen) atoms. The van der Waals surface area contributed by atoms with Crippen LogP contribution in [0, 0.1) is 0 Å². The van der Waals surface area contributed by atoms with Gasteiger partial charge in [-0.15, -0.1) is 0 Å². The third-order valence-corrected chi connectivity index (χ3v) is 2.62. The summed E-state index contributed by atoms with van der Waals surface area (Å²) in [4.78, 5) is 4.07. The third kappa shape index (κ3) is 1.01. The smallest absolute Gasteiger partial charge is 0.0954 e. The van der Waals surface area contributed by atoms with Gasteiger partial charge in [-0.2, -0.15) is 0 Å². The highest BCUT2D eigenvalue weighted by molar-refractivity contribution is 5.62. The first kappa shape index (κ1) is 7.56. The molecule has 0 saturated heterocycles. The molecule has 3 rings (SSSR count). The van der Waals surface area contributed by atoms with E-state index in [1.807, 2.05) is 18.7 Å². The highest BCUT2D eigenvalue weighted by atomic mass is 15.0. The third-order valence-electron chi connectivity index (χ3n) is 2.62. The molecule has 2 nitrogen and oxygen atoms in total. The number of hydrogen-bond acceptors (Lipinski definition) is 1. The lowest BCUT2D eigenvalue weighted by atomic mass is 10.1. The van der Waals surface area contributed by atoms with Gasteiger partial charge in [0.05, 0.1) is 12.4 Å². The van der Waals surface area contributed by atoms with Gasteiger partial charge in [-0.1, -0.05) is 36.4 Å². The summed E-state index contributed by atoms with van der Waals surface area (Å²) in [5.41, 5.74) is 2.66. The molecular formula is C12H10N2. The maximum atomic E-state index is 4.07. The van der Waals surface area contributed by atoms with Crippen molar-refractivity contribution in [1.29, 1.82) is 0 Å². The molecule has 1 unspecified atom stereocenters. The number of benzene rings is 1. The Bertz CT molecular complexity index is 469. The Hall–Kier alpha value is -1.83. The van der Waals surface area contributed by atoms with Crippen LogP contribution in [0.2, 0.25) is 0 Å². The standard InChI is InChI=1S/C12H10N2/c1-2-4-11-10(3-1)5-6-12(11)14-8-7-13-9-14/h1-9,12H. The van der Waals surface area contributed by atoms with Crippen molar-refractivity contribution >= 4 is 6.08 Å². The fourth-order valence-corrected chi connectivity index (χ4v) is 1.92. The van der Waals surface area contributed by atoms with Gasteiger partial charge in [-0.3, -0.25) is 0 Å². The van der Waals surface area contributed by atoms with E-state index in [1.165, 1.54) is 11.1 Å². The summed E-state index contributed by atoms with van der Waals surface area (Å²) < 4.78 is 2.11. The predicted molar refractivity (Wildman–Crippen MR) is 55.8 cm³/mol. The zero-order valence-electron chi connectivity index (χ0n) is 7.67. The van der Waals surface area contributed by atoms with Crippen molar-refractivity contribution in [2.75, 3.05) is 0 Å². The molecule has 0 N–H and O–H groups in total. The SMILES string of the molecule is C1=CC(n2ccnc2)c2ccccc21. The summed E-state index contributed by atoms with van der Waals surface area (Å²) in [6.07, 6.45) is 10.0. The normalized spacial score (nSPS) is 18.4. The lowest BCUT2D eigenvalue weighted by molar-refractivity contribution is 0.708. The Morgan fingerprint density at radius 2 is 2.14 bits per heavy atom. The molecule has 0 amide bonds. The second-order valence-electron chi connectivity index (χ2n) is 3.44.